The van der Waals surface area contributed by atoms with Gasteiger partial charge in [-0.05, 0) is 37.4 Å². The highest BCUT2D eigenvalue weighted by atomic mass is 16.5. The van der Waals surface area contributed by atoms with Crippen molar-refractivity contribution in [2.75, 3.05) is 13.7 Å². The van der Waals surface area contributed by atoms with Crippen LogP contribution in [0.5, 0.6) is 5.75 Å². The summed E-state index contributed by atoms with van der Waals surface area (Å²) in [6.45, 7) is 11.5. The molecular weight excluding hydrogens is 250 g/mol. The van der Waals surface area contributed by atoms with Crippen molar-refractivity contribution in [1.82, 2.24) is 5.32 Å². The van der Waals surface area contributed by atoms with Gasteiger partial charge in [-0.3, -0.25) is 0 Å². The van der Waals surface area contributed by atoms with E-state index in [4.69, 9.17) is 4.74 Å². The van der Waals surface area contributed by atoms with Crippen LogP contribution >= 0.6 is 0 Å². The molecule has 0 aromatic heterocycles. The van der Waals surface area contributed by atoms with Crippen molar-refractivity contribution in [2.45, 2.75) is 46.8 Å². The maximum Gasteiger partial charge on any atom is 0.124 e. The molecule has 0 bridgehead atoms. The molecule has 0 radical (unpaired) electrons. The van der Waals surface area contributed by atoms with Crippen LogP contribution in [0.4, 0.5) is 0 Å². The zero-order valence-electron chi connectivity index (χ0n) is 13.6. The minimum atomic E-state index is -0.566. The number of aliphatic hydroxyl groups excluding tert-OH is 1. The van der Waals surface area contributed by atoms with Crippen LogP contribution in [-0.2, 0) is 0 Å². The number of rotatable bonds is 7. The summed E-state index contributed by atoms with van der Waals surface area (Å²) in [4.78, 5) is 0. The van der Waals surface area contributed by atoms with Crippen LogP contribution in [0, 0.1) is 18.8 Å². The SMILES string of the molecule is COc1ccc(C)cc1C(O)C(NCC(C)C)C(C)C. The molecule has 1 aromatic carbocycles. The van der Waals surface area contributed by atoms with Crippen LogP contribution in [0.25, 0.3) is 0 Å². The Hall–Kier alpha value is -1.06. The quantitative estimate of drug-likeness (QED) is 0.804. The highest BCUT2D eigenvalue weighted by Gasteiger charge is 2.26. The Bertz CT molecular complexity index is 415. The Kier molecular flexibility index (Phi) is 6.50. The van der Waals surface area contributed by atoms with Crippen LogP contribution in [-0.4, -0.2) is 24.8 Å². The van der Waals surface area contributed by atoms with Gasteiger partial charge in [-0.25, -0.2) is 0 Å². The first-order chi connectivity index (χ1) is 9.36. The van der Waals surface area contributed by atoms with E-state index in [2.05, 4.69) is 33.0 Å². The van der Waals surface area contributed by atoms with Crippen LogP contribution in [0.2, 0.25) is 0 Å². The molecule has 1 aromatic rings. The molecule has 0 heterocycles. The van der Waals surface area contributed by atoms with Crippen LogP contribution in [0.1, 0.15) is 44.9 Å². The zero-order valence-corrected chi connectivity index (χ0v) is 13.6. The van der Waals surface area contributed by atoms with E-state index in [1.807, 2.05) is 25.1 Å². The van der Waals surface area contributed by atoms with E-state index >= 15 is 0 Å². The van der Waals surface area contributed by atoms with Crippen molar-refractivity contribution in [3.63, 3.8) is 0 Å². The Morgan fingerprint density at radius 2 is 1.85 bits per heavy atom. The summed E-state index contributed by atoms with van der Waals surface area (Å²) < 4.78 is 5.39. The Balaban J connectivity index is 2.99. The summed E-state index contributed by atoms with van der Waals surface area (Å²) in [7, 11) is 1.65. The number of hydrogen-bond acceptors (Lipinski definition) is 3. The highest BCUT2D eigenvalue weighted by molar-refractivity contribution is 5.39. The van der Waals surface area contributed by atoms with Gasteiger partial charge in [0.2, 0.25) is 0 Å². The smallest absolute Gasteiger partial charge is 0.124 e. The normalized spacial score (nSPS) is 14.7. The molecule has 2 unspecified atom stereocenters. The highest BCUT2D eigenvalue weighted by Crippen LogP contribution is 2.30. The maximum atomic E-state index is 10.8. The van der Waals surface area contributed by atoms with E-state index in [1.165, 1.54) is 0 Å². The molecule has 0 spiro atoms. The Morgan fingerprint density at radius 3 is 2.35 bits per heavy atom. The average Bonchev–Trinajstić information content (AvgIpc) is 2.37. The second-order valence-corrected chi connectivity index (χ2v) is 6.26. The summed E-state index contributed by atoms with van der Waals surface area (Å²) in [5.74, 6) is 1.65. The largest absolute Gasteiger partial charge is 0.496 e. The standard InChI is InChI=1S/C17H29NO2/c1-11(2)10-18-16(12(3)4)17(19)14-9-13(5)7-8-15(14)20-6/h7-9,11-12,16-19H,10H2,1-6H3. The lowest BCUT2D eigenvalue weighted by Crippen LogP contribution is -2.41. The Labute approximate surface area is 123 Å². The van der Waals surface area contributed by atoms with Gasteiger partial charge in [-0.15, -0.1) is 0 Å². The minimum absolute atomic E-state index is 0.0214. The molecule has 114 valence electrons. The third kappa shape index (κ3) is 4.50. The summed E-state index contributed by atoms with van der Waals surface area (Å²) in [6, 6.07) is 5.96. The van der Waals surface area contributed by atoms with Crippen LogP contribution in [0.3, 0.4) is 0 Å². The first-order valence-corrected chi connectivity index (χ1v) is 7.42. The van der Waals surface area contributed by atoms with Crippen molar-refractivity contribution >= 4 is 0 Å². The van der Waals surface area contributed by atoms with E-state index in [0.717, 1.165) is 23.4 Å². The molecule has 0 saturated heterocycles. The molecule has 0 amide bonds. The van der Waals surface area contributed by atoms with Gasteiger partial charge in [0.05, 0.1) is 13.2 Å². The fraction of sp³-hybridized carbons (Fsp3) is 0.647. The van der Waals surface area contributed by atoms with E-state index in [1.54, 1.807) is 7.11 Å². The van der Waals surface area contributed by atoms with Gasteiger partial charge in [0.1, 0.15) is 5.75 Å². The molecule has 0 aliphatic heterocycles. The fourth-order valence-corrected chi connectivity index (χ4v) is 2.36. The number of benzene rings is 1. The van der Waals surface area contributed by atoms with E-state index < -0.39 is 6.10 Å². The summed E-state index contributed by atoms with van der Waals surface area (Å²) in [6.07, 6.45) is -0.566. The first kappa shape index (κ1) is 17.0. The second kappa shape index (κ2) is 7.65. The predicted molar refractivity (Wildman–Crippen MR) is 84.2 cm³/mol. The first-order valence-electron chi connectivity index (χ1n) is 7.42. The molecule has 0 aliphatic carbocycles. The number of aryl methyl sites for hydroxylation is 1. The van der Waals surface area contributed by atoms with Crippen molar-refractivity contribution in [1.29, 1.82) is 0 Å². The predicted octanol–water partition coefficient (Wildman–Crippen LogP) is 3.31. The molecule has 2 N–H and O–H groups in total. The van der Waals surface area contributed by atoms with Crippen LogP contribution in [0.15, 0.2) is 18.2 Å². The number of aliphatic hydroxyl groups is 1. The van der Waals surface area contributed by atoms with E-state index in [9.17, 15) is 5.11 Å². The van der Waals surface area contributed by atoms with Gasteiger partial charge >= 0.3 is 0 Å². The lowest BCUT2D eigenvalue weighted by atomic mass is 9.91. The molecule has 0 fully saturated rings. The second-order valence-electron chi connectivity index (χ2n) is 6.26. The third-order valence-electron chi connectivity index (χ3n) is 3.52. The lowest BCUT2D eigenvalue weighted by Gasteiger charge is -2.29. The summed E-state index contributed by atoms with van der Waals surface area (Å²) >= 11 is 0. The van der Waals surface area contributed by atoms with Gasteiger partial charge < -0.3 is 15.2 Å². The fourth-order valence-electron chi connectivity index (χ4n) is 2.36. The van der Waals surface area contributed by atoms with Crippen molar-refractivity contribution in [3.8, 4) is 5.75 Å². The van der Waals surface area contributed by atoms with E-state index in [-0.39, 0.29) is 6.04 Å². The Morgan fingerprint density at radius 1 is 1.20 bits per heavy atom. The maximum absolute atomic E-state index is 10.8. The van der Waals surface area contributed by atoms with Gasteiger partial charge in [-0.1, -0.05) is 39.3 Å². The lowest BCUT2D eigenvalue weighted by molar-refractivity contribution is 0.101. The van der Waals surface area contributed by atoms with E-state index in [0.29, 0.717) is 11.8 Å². The van der Waals surface area contributed by atoms with Crippen molar-refractivity contribution < 1.29 is 9.84 Å². The minimum Gasteiger partial charge on any atom is -0.496 e. The van der Waals surface area contributed by atoms with Gasteiger partial charge in [0.15, 0.2) is 0 Å². The molecule has 1 rings (SSSR count). The number of nitrogens with one attached hydrogen (secondary N) is 1. The van der Waals surface area contributed by atoms with Crippen molar-refractivity contribution in [3.05, 3.63) is 29.3 Å². The van der Waals surface area contributed by atoms with Crippen molar-refractivity contribution in [2.24, 2.45) is 11.8 Å². The molecule has 3 heteroatoms. The van der Waals surface area contributed by atoms with Gasteiger partial charge in [0.25, 0.3) is 0 Å². The number of methoxy groups -OCH3 is 1. The molecule has 0 saturated carbocycles. The number of hydrogen-bond donors (Lipinski definition) is 2. The zero-order chi connectivity index (χ0) is 15.3. The molecule has 2 atom stereocenters. The molecule has 3 nitrogen and oxygen atoms in total. The molecular formula is C17H29NO2. The van der Waals surface area contributed by atoms with Crippen LogP contribution < -0.4 is 10.1 Å². The average molecular weight is 279 g/mol. The monoisotopic (exact) mass is 279 g/mol. The van der Waals surface area contributed by atoms with Gasteiger partial charge in [-0.2, -0.15) is 0 Å². The molecule has 0 aliphatic rings. The topological polar surface area (TPSA) is 41.5 Å². The van der Waals surface area contributed by atoms with Gasteiger partial charge in [0, 0.05) is 11.6 Å². The number of ether oxygens (including phenoxy) is 1. The summed E-state index contributed by atoms with van der Waals surface area (Å²) in [5, 5.41) is 14.2. The molecule has 20 heavy (non-hydrogen) atoms. The summed E-state index contributed by atoms with van der Waals surface area (Å²) in [5.41, 5.74) is 1.99. The third-order valence-corrected chi connectivity index (χ3v) is 3.52.